The Hall–Kier alpha value is -1.63. The Morgan fingerprint density at radius 2 is 2.22 bits per heavy atom. The number of nitrogens with two attached hydrogens (primary N) is 1. The van der Waals surface area contributed by atoms with E-state index in [0.717, 1.165) is 25.9 Å². The summed E-state index contributed by atoms with van der Waals surface area (Å²) in [4.78, 5) is 4.11. The minimum absolute atomic E-state index is 0.248. The molecule has 7 heteroatoms. The van der Waals surface area contributed by atoms with Crippen molar-refractivity contribution in [2.45, 2.75) is 33.6 Å². The molecule has 0 saturated heterocycles. The molecule has 0 aliphatic rings. The lowest BCUT2D eigenvalue weighted by Crippen LogP contribution is -2.35. The van der Waals surface area contributed by atoms with Crippen LogP contribution >= 0.6 is 0 Å². The van der Waals surface area contributed by atoms with Crippen LogP contribution < -0.4 is 11.1 Å². The Bertz CT molecular complexity index is 400. The minimum atomic E-state index is -0.315. The van der Waals surface area contributed by atoms with Crippen LogP contribution in [-0.4, -0.2) is 34.3 Å². The summed E-state index contributed by atoms with van der Waals surface area (Å²) in [7, 11) is 0. The molecule has 1 rings (SSSR count). The first kappa shape index (κ1) is 14.4. The molecule has 1 aromatic rings. The summed E-state index contributed by atoms with van der Waals surface area (Å²) >= 11 is 0. The van der Waals surface area contributed by atoms with Gasteiger partial charge >= 0.3 is 0 Å². The third-order valence-corrected chi connectivity index (χ3v) is 2.82. The normalized spacial score (nSPS) is 12.9. The van der Waals surface area contributed by atoms with E-state index in [1.54, 1.807) is 6.92 Å². The van der Waals surface area contributed by atoms with Crippen LogP contribution in [0.15, 0.2) is 9.68 Å². The summed E-state index contributed by atoms with van der Waals surface area (Å²) < 4.78 is 4.87. The first-order valence-corrected chi connectivity index (χ1v) is 5.93. The van der Waals surface area contributed by atoms with Crippen molar-refractivity contribution in [1.29, 1.82) is 0 Å². The van der Waals surface area contributed by atoms with Gasteiger partial charge in [-0.05, 0) is 13.0 Å². The quantitative estimate of drug-likeness (QED) is 0.217. The number of hydrogen-bond donors (Lipinski definition) is 3. The van der Waals surface area contributed by atoms with Crippen molar-refractivity contribution < 1.29 is 9.73 Å². The van der Waals surface area contributed by atoms with Crippen molar-refractivity contribution in [3.8, 4) is 0 Å². The lowest BCUT2D eigenvalue weighted by molar-refractivity contribution is 0.305. The van der Waals surface area contributed by atoms with Crippen LogP contribution in [0.1, 0.15) is 32.0 Å². The molecule has 1 heterocycles. The number of hydrogen-bond acceptors (Lipinski definition) is 6. The van der Waals surface area contributed by atoms with Gasteiger partial charge in [0.25, 0.3) is 0 Å². The Balaban J connectivity index is 2.19. The lowest BCUT2D eigenvalue weighted by atomic mass is 9.88. The van der Waals surface area contributed by atoms with Gasteiger partial charge in [-0.25, -0.2) is 0 Å². The van der Waals surface area contributed by atoms with E-state index >= 15 is 0 Å². The second kappa shape index (κ2) is 6.34. The Morgan fingerprint density at radius 1 is 1.50 bits per heavy atom. The summed E-state index contributed by atoms with van der Waals surface area (Å²) in [6.45, 7) is 7.19. The van der Waals surface area contributed by atoms with Crippen LogP contribution in [0, 0.1) is 12.3 Å². The molecule has 0 aliphatic heterocycles. The molecular weight excluding hydrogens is 234 g/mol. The van der Waals surface area contributed by atoms with Gasteiger partial charge in [-0.3, -0.25) is 0 Å². The van der Waals surface area contributed by atoms with E-state index in [0.29, 0.717) is 11.7 Å². The number of rotatable bonds is 7. The van der Waals surface area contributed by atoms with Crippen LogP contribution in [0.2, 0.25) is 0 Å². The average Bonchev–Trinajstić information content (AvgIpc) is 2.73. The van der Waals surface area contributed by atoms with E-state index in [1.807, 2.05) is 13.8 Å². The SMILES string of the molecule is Cc1nc(CCNCCC(C)(C)C(N)=NO)no1. The van der Waals surface area contributed by atoms with E-state index in [2.05, 4.69) is 20.6 Å². The highest BCUT2D eigenvalue weighted by Gasteiger charge is 2.22. The molecule has 0 atom stereocenters. The minimum Gasteiger partial charge on any atom is -0.409 e. The largest absolute Gasteiger partial charge is 0.409 e. The number of amidine groups is 1. The van der Waals surface area contributed by atoms with Gasteiger partial charge in [-0.1, -0.05) is 24.2 Å². The highest BCUT2D eigenvalue weighted by Crippen LogP contribution is 2.19. The number of nitrogens with one attached hydrogen (secondary N) is 1. The molecule has 18 heavy (non-hydrogen) atoms. The highest BCUT2D eigenvalue weighted by molar-refractivity contribution is 5.85. The summed E-state index contributed by atoms with van der Waals surface area (Å²) in [5.41, 5.74) is 5.28. The molecule has 0 aliphatic carbocycles. The van der Waals surface area contributed by atoms with Gasteiger partial charge in [0, 0.05) is 25.3 Å². The Morgan fingerprint density at radius 3 is 2.78 bits per heavy atom. The zero-order valence-electron chi connectivity index (χ0n) is 11.1. The topological polar surface area (TPSA) is 110 Å². The fourth-order valence-corrected chi connectivity index (χ4v) is 1.43. The van der Waals surface area contributed by atoms with Crippen molar-refractivity contribution in [2.75, 3.05) is 13.1 Å². The van der Waals surface area contributed by atoms with Gasteiger partial charge in [0.15, 0.2) is 5.82 Å². The summed E-state index contributed by atoms with van der Waals surface area (Å²) in [5, 5.41) is 18.8. The van der Waals surface area contributed by atoms with Crippen LogP contribution in [0.4, 0.5) is 0 Å². The first-order valence-electron chi connectivity index (χ1n) is 5.93. The number of nitrogens with zero attached hydrogens (tertiary/aromatic N) is 3. The maximum atomic E-state index is 8.64. The van der Waals surface area contributed by atoms with Gasteiger partial charge in [0.05, 0.1) is 0 Å². The lowest BCUT2D eigenvalue weighted by Gasteiger charge is -2.22. The maximum absolute atomic E-state index is 8.64. The van der Waals surface area contributed by atoms with Crippen LogP contribution in [-0.2, 0) is 6.42 Å². The molecular formula is C11H21N5O2. The Kier molecular flexibility index (Phi) is 5.08. The smallest absolute Gasteiger partial charge is 0.223 e. The second-order valence-corrected chi connectivity index (χ2v) is 4.85. The fraction of sp³-hybridized carbons (Fsp3) is 0.727. The summed E-state index contributed by atoms with van der Waals surface area (Å²) in [6, 6.07) is 0. The van der Waals surface area contributed by atoms with Crippen molar-refractivity contribution in [3.05, 3.63) is 11.7 Å². The third-order valence-electron chi connectivity index (χ3n) is 2.82. The molecule has 102 valence electrons. The molecule has 0 aromatic carbocycles. The van der Waals surface area contributed by atoms with Crippen LogP contribution in [0.3, 0.4) is 0 Å². The predicted octanol–water partition coefficient (Wildman–Crippen LogP) is 0.673. The average molecular weight is 255 g/mol. The van der Waals surface area contributed by atoms with Crippen molar-refractivity contribution in [1.82, 2.24) is 15.5 Å². The second-order valence-electron chi connectivity index (χ2n) is 4.85. The zero-order valence-corrected chi connectivity index (χ0v) is 11.1. The summed E-state index contributed by atoms with van der Waals surface area (Å²) in [5.74, 6) is 1.53. The van der Waals surface area contributed by atoms with Crippen molar-refractivity contribution in [2.24, 2.45) is 16.3 Å². The molecule has 0 saturated carbocycles. The molecule has 0 radical (unpaired) electrons. The van der Waals surface area contributed by atoms with E-state index in [-0.39, 0.29) is 11.3 Å². The monoisotopic (exact) mass is 255 g/mol. The van der Waals surface area contributed by atoms with Crippen molar-refractivity contribution >= 4 is 5.84 Å². The van der Waals surface area contributed by atoms with Gasteiger partial charge in [-0.15, -0.1) is 0 Å². The van der Waals surface area contributed by atoms with Gasteiger partial charge < -0.3 is 20.8 Å². The van der Waals surface area contributed by atoms with Crippen molar-refractivity contribution in [3.63, 3.8) is 0 Å². The molecule has 0 amide bonds. The zero-order chi connectivity index (χ0) is 13.6. The van der Waals surface area contributed by atoms with E-state index in [1.165, 1.54) is 0 Å². The number of aryl methyl sites for hydroxylation is 1. The molecule has 0 bridgehead atoms. The highest BCUT2D eigenvalue weighted by atomic mass is 16.5. The van der Waals surface area contributed by atoms with E-state index in [9.17, 15) is 0 Å². The van der Waals surface area contributed by atoms with Crippen LogP contribution in [0.5, 0.6) is 0 Å². The molecule has 0 fully saturated rings. The number of aromatic nitrogens is 2. The third kappa shape index (κ3) is 4.33. The first-order chi connectivity index (χ1) is 8.45. The standard InChI is InChI=1S/C11H21N5O2/c1-8-14-9(16-18-8)4-6-13-7-5-11(2,3)10(12)15-17/h13,17H,4-7H2,1-3H3,(H2,12,15). The molecule has 1 aromatic heterocycles. The Labute approximate surface area is 106 Å². The molecule has 7 nitrogen and oxygen atoms in total. The van der Waals surface area contributed by atoms with Gasteiger partial charge in [0.1, 0.15) is 5.84 Å². The summed E-state index contributed by atoms with van der Waals surface area (Å²) in [6.07, 6.45) is 1.51. The van der Waals surface area contributed by atoms with Gasteiger partial charge in [0.2, 0.25) is 5.89 Å². The van der Waals surface area contributed by atoms with Crippen LogP contribution in [0.25, 0.3) is 0 Å². The van der Waals surface area contributed by atoms with E-state index in [4.69, 9.17) is 15.5 Å². The van der Waals surface area contributed by atoms with Gasteiger partial charge in [-0.2, -0.15) is 4.98 Å². The predicted molar refractivity (Wildman–Crippen MR) is 67.4 cm³/mol. The van der Waals surface area contributed by atoms with E-state index < -0.39 is 0 Å². The maximum Gasteiger partial charge on any atom is 0.223 e. The number of oxime groups is 1. The molecule has 4 N–H and O–H groups in total. The molecule has 0 spiro atoms. The fourth-order valence-electron chi connectivity index (χ4n) is 1.43. The molecule has 0 unspecified atom stereocenters.